The first-order valence-electron chi connectivity index (χ1n) is 6.40. The van der Waals surface area contributed by atoms with E-state index in [4.69, 9.17) is 9.49 Å². The molecule has 2 atom stereocenters. The van der Waals surface area contributed by atoms with Gasteiger partial charge in [0.05, 0.1) is 12.6 Å². The van der Waals surface area contributed by atoms with E-state index in [0.717, 1.165) is 38.8 Å². The number of hydroxylamine groups is 1. The van der Waals surface area contributed by atoms with Crippen molar-refractivity contribution in [3.05, 3.63) is 0 Å². The van der Waals surface area contributed by atoms with Crippen LogP contribution in [0.4, 0.5) is 0 Å². The van der Waals surface area contributed by atoms with E-state index in [-0.39, 0.29) is 19.2 Å². The molecule has 1 aliphatic heterocycles. The quantitative estimate of drug-likeness (QED) is 0.355. The molecule has 98 valence electrons. The maximum Gasteiger partial charge on any atom is 0.353 e. The maximum atomic E-state index is 11.6. The summed E-state index contributed by atoms with van der Waals surface area (Å²) < 4.78 is 4.85. The number of unbranched alkanes of at least 4 members (excludes halogenated alkanes) is 1. The van der Waals surface area contributed by atoms with Gasteiger partial charge in [0, 0.05) is 19.7 Å². The van der Waals surface area contributed by atoms with Gasteiger partial charge in [0.25, 0.3) is 0 Å². The van der Waals surface area contributed by atoms with E-state index >= 15 is 0 Å². The van der Waals surface area contributed by atoms with E-state index in [1.54, 1.807) is 7.11 Å². The third-order valence-corrected chi connectivity index (χ3v) is 2.94. The summed E-state index contributed by atoms with van der Waals surface area (Å²) >= 11 is 0. The number of piperidine rings is 1. The zero-order valence-electron chi connectivity index (χ0n) is 10.8. The fourth-order valence-corrected chi connectivity index (χ4v) is 1.87. The maximum absolute atomic E-state index is 11.6. The largest absolute Gasteiger partial charge is 0.434 e. The molecule has 0 aromatic rings. The first-order chi connectivity index (χ1) is 8.27. The van der Waals surface area contributed by atoms with E-state index in [1.165, 1.54) is 0 Å². The van der Waals surface area contributed by atoms with Gasteiger partial charge in [0.2, 0.25) is 0 Å². The average molecular weight is 242 g/mol. The molecule has 0 spiro atoms. The molecule has 0 radical (unpaired) electrons. The minimum absolute atomic E-state index is 0.0522. The van der Waals surface area contributed by atoms with E-state index in [9.17, 15) is 4.79 Å². The van der Waals surface area contributed by atoms with Crippen LogP contribution in [0.5, 0.6) is 0 Å². The zero-order valence-corrected chi connectivity index (χ0v) is 10.8. The Bertz CT molecular complexity index is 221. The highest BCUT2D eigenvalue weighted by Gasteiger charge is 2.25. The van der Waals surface area contributed by atoms with Gasteiger partial charge in [-0.05, 0) is 19.3 Å². The van der Waals surface area contributed by atoms with Crippen LogP contribution in [0.15, 0.2) is 0 Å². The molecule has 17 heavy (non-hydrogen) atoms. The average Bonchev–Trinajstić information content (AvgIpc) is 2.36. The smallest absolute Gasteiger partial charge is 0.353 e. The summed E-state index contributed by atoms with van der Waals surface area (Å²) in [6.45, 7) is 3.66. The van der Waals surface area contributed by atoms with Crippen molar-refractivity contribution in [3.8, 4) is 0 Å². The molecule has 0 amide bonds. The van der Waals surface area contributed by atoms with Crippen LogP contribution in [0, 0.1) is 0 Å². The highest BCUT2D eigenvalue weighted by Crippen LogP contribution is 2.09. The van der Waals surface area contributed by atoms with Crippen molar-refractivity contribution in [2.75, 3.05) is 20.3 Å². The summed E-state index contributed by atoms with van der Waals surface area (Å²) in [6, 6.07) is 0.252. The van der Waals surface area contributed by atoms with Gasteiger partial charge in [-0.15, -0.1) is 0 Å². The molecule has 0 aromatic carbocycles. The monoisotopic (exact) mass is 242 g/mol. The van der Waals surface area contributed by atoms with Crippen LogP contribution in [0.1, 0.15) is 32.6 Å². The molecule has 1 saturated heterocycles. The molecule has 6 heteroatoms. The predicted octanol–water partition coefficient (Wildman–Crippen LogP) is -0.0472. The topological polar surface area (TPSA) is 59.6 Å². The Kier molecular flexibility index (Phi) is 7.43. The van der Waals surface area contributed by atoms with Gasteiger partial charge < -0.3 is 19.6 Å². The predicted molar refractivity (Wildman–Crippen MR) is 68.0 cm³/mol. The van der Waals surface area contributed by atoms with Gasteiger partial charge in [-0.3, -0.25) is 0 Å². The molecule has 1 heterocycles. The molecule has 0 saturated carbocycles. The van der Waals surface area contributed by atoms with Crippen molar-refractivity contribution in [2.24, 2.45) is 0 Å². The van der Waals surface area contributed by atoms with Gasteiger partial charge in [-0.25, -0.2) is 0 Å². The van der Waals surface area contributed by atoms with E-state index in [2.05, 4.69) is 17.7 Å². The van der Waals surface area contributed by atoms with Gasteiger partial charge in [-0.2, -0.15) is 5.48 Å². The summed E-state index contributed by atoms with van der Waals surface area (Å²) in [5.41, 5.74) is 3.18. The number of hydrogen-bond acceptors (Lipinski definition) is 5. The Morgan fingerprint density at radius 2 is 2.35 bits per heavy atom. The van der Waals surface area contributed by atoms with Crippen LogP contribution in [0.3, 0.4) is 0 Å². The van der Waals surface area contributed by atoms with Gasteiger partial charge >= 0.3 is 7.48 Å². The first-order valence-corrected chi connectivity index (χ1v) is 6.40. The van der Waals surface area contributed by atoms with Crippen LogP contribution < -0.4 is 10.8 Å². The van der Waals surface area contributed by atoms with E-state index < -0.39 is 0 Å². The number of nitrogens with one attached hydrogen (secondary N) is 2. The standard InChI is InChI=1S/C11H23BN2O3/c1-3-4-7-17-14-9-5-6-10(13-8-9)11(15)12-16-2/h9-10,12-14H,3-8H2,1-2H3/t9-,10+/m1/s1. The Labute approximate surface area is 104 Å². The number of rotatable bonds is 8. The van der Waals surface area contributed by atoms with Crippen molar-refractivity contribution >= 4 is 13.2 Å². The molecular formula is C11H23BN2O3. The minimum atomic E-state index is -0.0522. The van der Waals surface area contributed by atoms with Crippen LogP contribution in [-0.4, -0.2) is 45.5 Å². The van der Waals surface area contributed by atoms with Gasteiger partial charge in [0.15, 0.2) is 0 Å². The SMILES string of the molecule is CCCCON[C@@H]1CC[C@@H](C(=O)BOC)NC1. The fraction of sp³-hybridized carbons (Fsp3) is 0.909. The van der Waals surface area contributed by atoms with Crippen LogP contribution >= 0.6 is 0 Å². The molecule has 0 bridgehead atoms. The third-order valence-electron chi connectivity index (χ3n) is 2.94. The second kappa shape index (κ2) is 8.63. The van der Waals surface area contributed by atoms with E-state index in [0.29, 0.717) is 6.04 Å². The van der Waals surface area contributed by atoms with Crippen LogP contribution in [-0.2, 0) is 14.3 Å². The van der Waals surface area contributed by atoms with Crippen molar-refractivity contribution in [1.29, 1.82) is 0 Å². The fourth-order valence-electron chi connectivity index (χ4n) is 1.87. The van der Waals surface area contributed by atoms with Crippen molar-refractivity contribution in [2.45, 2.75) is 44.7 Å². The van der Waals surface area contributed by atoms with Gasteiger partial charge in [-0.1, -0.05) is 13.3 Å². The first kappa shape index (κ1) is 14.6. The third kappa shape index (κ3) is 5.63. The van der Waals surface area contributed by atoms with E-state index in [1.807, 2.05) is 0 Å². The minimum Gasteiger partial charge on any atom is -0.434 e. The Morgan fingerprint density at radius 3 is 2.94 bits per heavy atom. The lowest BCUT2D eigenvalue weighted by molar-refractivity contribution is -0.115. The van der Waals surface area contributed by atoms with Crippen molar-refractivity contribution in [1.82, 2.24) is 10.8 Å². The molecule has 1 rings (SSSR count). The highest BCUT2D eigenvalue weighted by molar-refractivity contribution is 6.70. The number of carbonyl (C=O) groups excluding carboxylic acids is 1. The molecule has 0 aromatic heterocycles. The molecule has 0 unspecified atom stereocenters. The van der Waals surface area contributed by atoms with Crippen molar-refractivity contribution < 1.29 is 14.3 Å². The molecule has 1 aliphatic rings. The second-order valence-electron chi connectivity index (χ2n) is 4.45. The Morgan fingerprint density at radius 1 is 1.53 bits per heavy atom. The Balaban J connectivity index is 2.11. The summed E-state index contributed by atoms with van der Waals surface area (Å²) in [5, 5.41) is 3.22. The normalized spacial score (nSPS) is 24.6. The number of hydrogen-bond donors (Lipinski definition) is 2. The lowest BCUT2D eigenvalue weighted by Gasteiger charge is -2.29. The number of carbonyl (C=O) groups is 1. The van der Waals surface area contributed by atoms with Crippen LogP contribution in [0.25, 0.3) is 0 Å². The molecule has 2 N–H and O–H groups in total. The lowest BCUT2D eigenvalue weighted by Crippen LogP contribution is -2.51. The highest BCUT2D eigenvalue weighted by atomic mass is 16.6. The van der Waals surface area contributed by atoms with Crippen LogP contribution in [0.2, 0.25) is 0 Å². The summed E-state index contributed by atoms with van der Waals surface area (Å²) in [7, 11) is 1.75. The summed E-state index contributed by atoms with van der Waals surface area (Å²) in [6.07, 6.45) is 4.01. The molecule has 0 aliphatic carbocycles. The molecule has 1 fully saturated rings. The lowest BCUT2D eigenvalue weighted by atomic mass is 9.83. The summed E-state index contributed by atoms with van der Waals surface area (Å²) in [4.78, 5) is 16.9. The summed E-state index contributed by atoms with van der Waals surface area (Å²) in [5.74, 6) is 0. The molecular weight excluding hydrogens is 219 g/mol. The Hall–Kier alpha value is -0.425. The van der Waals surface area contributed by atoms with Gasteiger partial charge in [0.1, 0.15) is 5.68 Å². The molecule has 5 nitrogen and oxygen atoms in total. The van der Waals surface area contributed by atoms with Crippen molar-refractivity contribution in [3.63, 3.8) is 0 Å². The second-order valence-corrected chi connectivity index (χ2v) is 4.45. The zero-order chi connectivity index (χ0) is 12.5.